The van der Waals surface area contributed by atoms with Crippen LogP contribution in [0.4, 0.5) is 5.82 Å². The van der Waals surface area contributed by atoms with Gasteiger partial charge in [-0.2, -0.15) is 0 Å². The molecule has 0 aromatic carbocycles. The van der Waals surface area contributed by atoms with Gasteiger partial charge in [-0.25, -0.2) is 9.78 Å². The number of carbonyl (C=O) groups is 2. The number of halogens is 1. The SMILES string of the molecule is CCn1cc(Cl)cc1C(=O)Nc1cc(C(=O)O)ccn1. The number of anilines is 1. The van der Waals surface area contributed by atoms with Crippen LogP contribution in [0, 0.1) is 0 Å². The Kier molecular flexibility index (Phi) is 4.05. The number of aromatic carboxylic acids is 1. The maximum atomic E-state index is 12.1. The van der Waals surface area contributed by atoms with Crippen molar-refractivity contribution in [1.29, 1.82) is 0 Å². The fourth-order valence-electron chi connectivity index (χ4n) is 1.74. The highest BCUT2D eigenvalue weighted by atomic mass is 35.5. The van der Waals surface area contributed by atoms with Crippen LogP contribution in [-0.2, 0) is 6.54 Å². The summed E-state index contributed by atoms with van der Waals surface area (Å²) in [6.45, 7) is 2.48. The fourth-order valence-corrected chi connectivity index (χ4v) is 1.96. The quantitative estimate of drug-likeness (QED) is 0.907. The topological polar surface area (TPSA) is 84.2 Å². The van der Waals surface area contributed by atoms with E-state index in [9.17, 15) is 9.59 Å². The zero-order chi connectivity index (χ0) is 14.7. The molecule has 20 heavy (non-hydrogen) atoms. The van der Waals surface area contributed by atoms with Gasteiger partial charge in [0.05, 0.1) is 10.6 Å². The van der Waals surface area contributed by atoms with Crippen LogP contribution < -0.4 is 5.32 Å². The lowest BCUT2D eigenvalue weighted by atomic mass is 10.2. The summed E-state index contributed by atoms with van der Waals surface area (Å²) in [6.07, 6.45) is 2.97. The van der Waals surface area contributed by atoms with E-state index in [-0.39, 0.29) is 11.4 Å². The Labute approximate surface area is 120 Å². The van der Waals surface area contributed by atoms with Gasteiger partial charge in [0.1, 0.15) is 11.5 Å². The number of aryl methyl sites for hydroxylation is 1. The first-order valence-electron chi connectivity index (χ1n) is 5.87. The second-order valence-electron chi connectivity index (χ2n) is 4.02. The average molecular weight is 294 g/mol. The van der Waals surface area contributed by atoms with Crippen LogP contribution in [0.1, 0.15) is 27.8 Å². The lowest BCUT2D eigenvalue weighted by molar-refractivity contribution is 0.0696. The molecule has 104 valence electrons. The maximum absolute atomic E-state index is 12.1. The molecule has 0 fully saturated rings. The summed E-state index contributed by atoms with van der Waals surface area (Å²) < 4.78 is 1.69. The van der Waals surface area contributed by atoms with Crippen molar-refractivity contribution < 1.29 is 14.7 Å². The summed E-state index contributed by atoms with van der Waals surface area (Å²) in [7, 11) is 0. The molecule has 0 atom stereocenters. The summed E-state index contributed by atoms with van der Waals surface area (Å²) in [5.74, 6) is -1.30. The largest absolute Gasteiger partial charge is 0.478 e. The number of hydrogen-bond donors (Lipinski definition) is 2. The molecule has 0 radical (unpaired) electrons. The summed E-state index contributed by atoms with van der Waals surface area (Å²) in [6, 6.07) is 4.19. The normalized spacial score (nSPS) is 10.3. The second kappa shape index (κ2) is 5.75. The number of hydrogen-bond acceptors (Lipinski definition) is 3. The van der Waals surface area contributed by atoms with E-state index in [4.69, 9.17) is 16.7 Å². The minimum Gasteiger partial charge on any atom is -0.478 e. The smallest absolute Gasteiger partial charge is 0.335 e. The number of nitrogens with zero attached hydrogens (tertiary/aromatic N) is 2. The van der Waals surface area contributed by atoms with E-state index < -0.39 is 11.9 Å². The van der Waals surface area contributed by atoms with Crippen molar-refractivity contribution in [3.63, 3.8) is 0 Å². The molecule has 2 aromatic rings. The van der Waals surface area contributed by atoms with Gasteiger partial charge in [-0.1, -0.05) is 11.6 Å². The molecule has 1 amide bonds. The molecule has 0 aliphatic heterocycles. The molecule has 7 heteroatoms. The first-order chi connectivity index (χ1) is 9.51. The molecule has 6 nitrogen and oxygen atoms in total. The number of amides is 1. The Morgan fingerprint density at radius 1 is 1.45 bits per heavy atom. The van der Waals surface area contributed by atoms with Gasteiger partial charge in [0.15, 0.2) is 0 Å². The Bertz CT molecular complexity index is 667. The Hall–Kier alpha value is -2.34. The van der Waals surface area contributed by atoms with E-state index in [0.29, 0.717) is 17.3 Å². The van der Waals surface area contributed by atoms with Crippen LogP contribution >= 0.6 is 11.6 Å². The van der Waals surface area contributed by atoms with E-state index in [1.807, 2.05) is 6.92 Å². The van der Waals surface area contributed by atoms with Crippen molar-refractivity contribution >= 4 is 29.3 Å². The van der Waals surface area contributed by atoms with Crippen molar-refractivity contribution in [3.8, 4) is 0 Å². The van der Waals surface area contributed by atoms with Gasteiger partial charge in [0, 0.05) is 18.9 Å². The lowest BCUT2D eigenvalue weighted by Crippen LogP contribution is -2.17. The summed E-state index contributed by atoms with van der Waals surface area (Å²) in [5.41, 5.74) is 0.444. The number of pyridine rings is 1. The Balaban J connectivity index is 2.23. The molecular formula is C13H12ClN3O3. The monoisotopic (exact) mass is 293 g/mol. The van der Waals surface area contributed by atoms with Gasteiger partial charge >= 0.3 is 5.97 Å². The maximum Gasteiger partial charge on any atom is 0.335 e. The predicted molar refractivity (Wildman–Crippen MR) is 74.3 cm³/mol. The first-order valence-corrected chi connectivity index (χ1v) is 6.25. The number of carbonyl (C=O) groups excluding carboxylic acids is 1. The van der Waals surface area contributed by atoms with E-state index >= 15 is 0 Å². The predicted octanol–water partition coefficient (Wildman–Crippen LogP) is 2.51. The summed E-state index contributed by atoms with van der Waals surface area (Å²) in [4.78, 5) is 26.9. The van der Waals surface area contributed by atoms with Gasteiger partial charge in [0.2, 0.25) is 0 Å². The highest BCUT2D eigenvalue weighted by molar-refractivity contribution is 6.31. The zero-order valence-electron chi connectivity index (χ0n) is 10.6. The van der Waals surface area contributed by atoms with Crippen LogP contribution in [0.3, 0.4) is 0 Å². The standard InChI is InChI=1S/C13H12ClN3O3/c1-2-17-7-9(14)6-10(17)12(18)16-11-5-8(13(19)20)3-4-15-11/h3-7H,2H2,1H3,(H,19,20)(H,15,16,18). The van der Waals surface area contributed by atoms with Crippen LogP contribution in [0.5, 0.6) is 0 Å². The van der Waals surface area contributed by atoms with Gasteiger partial charge in [0.25, 0.3) is 5.91 Å². The van der Waals surface area contributed by atoms with E-state index in [1.165, 1.54) is 18.3 Å². The third-order valence-electron chi connectivity index (χ3n) is 2.69. The van der Waals surface area contributed by atoms with Crippen LogP contribution in [0.15, 0.2) is 30.6 Å². The van der Waals surface area contributed by atoms with Gasteiger partial charge < -0.3 is 15.0 Å². The van der Waals surface area contributed by atoms with E-state index in [2.05, 4.69) is 10.3 Å². The molecule has 0 bridgehead atoms. The average Bonchev–Trinajstić information content (AvgIpc) is 2.80. The number of nitrogens with one attached hydrogen (secondary N) is 1. The lowest BCUT2D eigenvalue weighted by Gasteiger charge is -2.07. The molecule has 0 unspecified atom stereocenters. The Morgan fingerprint density at radius 3 is 2.85 bits per heavy atom. The third-order valence-corrected chi connectivity index (χ3v) is 2.89. The number of carboxylic acid groups (broad SMARTS) is 1. The van der Waals surface area contributed by atoms with Crippen LogP contribution in [-0.4, -0.2) is 26.5 Å². The number of carboxylic acids is 1. The molecule has 0 spiro atoms. The molecule has 2 heterocycles. The molecule has 2 rings (SSSR count). The third kappa shape index (κ3) is 2.97. The Morgan fingerprint density at radius 2 is 2.20 bits per heavy atom. The highest BCUT2D eigenvalue weighted by Gasteiger charge is 2.14. The zero-order valence-corrected chi connectivity index (χ0v) is 11.4. The molecular weight excluding hydrogens is 282 g/mol. The van der Waals surface area contributed by atoms with Crippen LogP contribution in [0.25, 0.3) is 0 Å². The van der Waals surface area contributed by atoms with Crippen molar-refractivity contribution in [2.75, 3.05) is 5.32 Å². The molecule has 0 aliphatic rings. The summed E-state index contributed by atoms with van der Waals surface area (Å²) in [5, 5.41) is 11.9. The minimum absolute atomic E-state index is 0.0548. The number of rotatable bonds is 4. The van der Waals surface area contributed by atoms with E-state index in [1.54, 1.807) is 16.8 Å². The van der Waals surface area contributed by atoms with Crippen molar-refractivity contribution in [3.05, 3.63) is 46.9 Å². The van der Waals surface area contributed by atoms with Crippen LogP contribution in [0.2, 0.25) is 5.02 Å². The van der Waals surface area contributed by atoms with Gasteiger partial charge in [-0.3, -0.25) is 4.79 Å². The van der Waals surface area contributed by atoms with Crippen molar-refractivity contribution in [2.45, 2.75) is 13.5 Å². The van der Waals surface area contributed by atoms with E-state index in [0.717, 1.165) is 0 Å². The second-order valence-corrected chi connectivity index (χ2v) is 4.46. The first kappa shape index (κ1) is 14.1. The minimum atomic E-state index is -1.08. The molecule has 2 aromatic heterocycles. The van der Waals surface area contributed by atoms with Crippen molar-refractivity contribution in [1.82, 2.24) is 9.55 Å². The molecule has 0 saturated carbocycles. The van der Waals surface area contributed by atoms with Gasteiger partial charge in [-0.15, -0.1) is 0 Å². The summed E-state index contributed by atoms with van der Waals surface area (Å²) >= 11 is 5.86. The fraction of sp³-hybridized carbons (Fsp3) is 0.154. The molecule has 0 aliphatic carbocycles. The highest BCUT2D eigenvalue weighted by Crippen LogP contribution is 2.16. The number of aromatic nitrogens is 2. The molecule has 2 N–H and O–H groups in total. The molecule has 0 saturated heterocycles. The van der Waals surface area contributed by atoms with Gasteiger partial charge in [-0.05, 0) is 25.1 Å². The van der Waals surface area contributed by atoms with Crippen molar-refractivity contribution in [2.24, 2.45) is 0 Å².